The van der Waals surface area contributed by atoms with E-state index in [9.17, 15) is 23.5 Å². The molecule has 1 N–H and O–H groups in total. The summed E-state index contributed by atoms with van der Waals surface area (Å²) in [6.45, 7) is 1.96. The van der Waals surface area contributed by atoms with E-state index >= 15 is 4.39 Å². The molecule has 35 heavy (non-hydrogen) atoms. The normalized spacial score (nSPS) is 14.1. The van der Waals surface area contributed by atoms with Crippen LogP contribution in [0.3, 0.4) is 0 Å². The molecule has 0 aromatic heterocycles. The van der Waals surface area contributed by atoms with Crippen molar-refractivity contribution in [3.05, 3.63) is 65.0 Å². The van der Waals surface area contributed by atoms with Gasteiger partial charge in [0, 0.05) is 16.3 Å². The monoisotopic (exact) mass is 487 g/mol. The lowest BCUT2D eigenvalue weighted by Gasteiger charge is -2.19. The maximum absolute atomic E-state index is 15.2. The van der Waals surface area contributed by atoms with Crippen LogP contribution in [-0.4, -0.2) is 29.7 Å². The van der Waals surface area contributed by atoms with Crippen LogP contribution in [0.15, 0.2) is 42.5 Å². The van der Waals surface area contributed by atoms with Crippen LogP contribution >= 0.6 is 0 Å². The van der Waals surface area contributed by atoms with Crippen molar-refractivity contribution in [1.29, 1.82) is 0 Å². The Hall–Kier alpha value is -3.75. The predicted molar refractivity (Wildman–Crippen MR) is 124 cm³/mol. The lowest BCUT2D eigenvalue weighted by molar-refractivity contribution is -0.138. The van der Waals surface area contributed by atoms with E-state index in [2.05, 4.69) is 0 Å². The van der Waals surface area contributed by atoms with Gasteiger partial charge in [-0.15, -0.1) is 0 Å². The number of benzene rings is 3. The number of hydrogen-bond acceptors (Lipinski definition) is 4. The average Bonchev–Trinajstić information content (AvgIpc) is 3.13. The Bertz CT molecular complexity index is 1310. The summed E-state index contributed by atoms with van der Waals surface area (Å²) in [5.74, 6) is -3.43. The van der Waals surface area contributed by atoms with Gasteiger partial charge in [0.15, 0.2) is 0 Å². The first-order valence-corrected chi connectivity index (χ1v) is 11.2. The van der Waals surface area contributed by atoms with Gasteiger partial charge in [0.05, 0.1) is 29.8 Å². The lowest BCUT2D eigenvalue weighted by atomic mass is 9.96. The second kappa shape index (κ2) is 9.48. The van der Waals surface area contributed by atoms with Gasteiger partial charge in [0.25, 0.3) is 5.91 Å². The molecule has 0 fully saturated rings. The summed E-state index contributed by atoms with van der Waals surface area (Å²) in [6, 6.07) is 10.5. The summed E-state index contributed by atoms with van der Waals surface area (Å²) < 4.78 is 52.7. The molecule has 0 spiro atoms. The van der Waals surface area contributed by atoms with E-state index in [1.54, 1.807) is 45.0 Å². The van der Waals surface area contributed by atoms with E-state index in [4.69, 9.17) is 9.47 Å². The van der Waals surface area contributed by atoms with E-state index < -0.39 is 30.2 Å². The number of aliphatic carboxylic acids is 1. The quantitative estimate of drug-likeness (QED) is 0.415. The number of halogens is 3. The molecule has 0 radical (unpaired) electrons. The average molecular weight is 487 g/mol. The Morgan fingerprint density at radius 3 is 2.29 bits per heavy atom. The number of anilines is 1. The Labute approximate surface area is 199 Å². The molecule has 1 aliphatic heterocycles. The fourth-order valence-corrected chi connectivity index (χ4v) is 4.46. The largest absolute Gasteiger partial charge is 0.490 e. The molecule has 1 heterocycles. The number of rotatable bonds is 8. The van der Waals surface area contributed by atoms with E-state index in [0.29, 0.717) is 16.7 Å². The summed E-state index contributed by atoms with van der Waals surface area (Å²) >= 11 is 0. The number of amides is 1. The minimum absolute atomic E-state index is 0.0993. The van der Waals surface area contributed by atoms with Gasteiger partial charge in [-0.3, -0.25) is 9.59 Å². The van der Waals surface area contributed by atoms with Crippen LogP contribution in [-0.2, 0) is 11.3 Å². The highest BCUT2D eigenvalue weighted by atomic mass is 19.3. The van der Waals surface area contributed by atoms with Crippen molar-refractivity contribution in [2.45, 2.75) is 52.4 Å². The number of carboxylic acids is 1. The van der Waals surface area contributed by atoms with Crippen molar-refractivity contribution < 1.29 is 37.3 Å². The van der Waals surface area contributed by atoms with Gasteiger partial charge in [-0.25, -0.2) is 4.39 Å². The van der Waals surface area contributed by atoms with E-state index in [0.717, 1.165) is 11.0 Å². The Kier molecular flexibility index (Phi) is 6.60. The van der Waals surface area contributed by atoms with Crippen molar-refractivity contribution in [3.63, 3.8) is 0 Å². The van der Waals surface area contributed by atoms with Crippen molar-refractivity contribution in [3.8, 4) is 11.5 Å². The molecule has 4 rings (SSSR count). The zero-order valence-corrected chi connectivity index (χ0v) is 19.3. The number of ether oxygens (including phenoxy) is 2. The number of carbonyl (C=O) groups excluding carboxylic acids is 1. The summed E-state index contributed by atoms with van der Waals surface area (Å²) in [5, 5.41) is 10.2. The molecule has 6 nitrogen and oxygen atoms in total. The molecule has 0 saturated heterocycles. The molecular formula is C26H24F3NO5. The van der Waals surface area contributed by atoms with Gasteiger partial charge in [-0.05, 0) is 38.0 Å². The number of carboxylic acid groups (broad SMARTS) is 1. The molecule has 1 unspecified atom stereocenters. The van der Waals surface area contributed by atoms with Crippen LogP contribution in [0.4, 0.5) is 18.9 Å². The van der Waals surface area contributed by atoms with Crippen molar-refractivity contribution in [2.75, 3.05) is 4.90 Å². The zero-order chi connectivity index (χ0) is 25.4. The van der Waals surface area contributed by atoms with Crippen molar-refractivity contribution in [1.82, 2.24) is 0 Å². The van der Waals surface area contributed by atoms with Crippen LogP contribution in [0.1, 0.15) is 54.6 Å². The standard InChI is InChI=1S/C26H24F3NO5/c1-4-15(25(32)33)14-9-10-20(19(27)11-14)30-12-18-21(24(30)31)23(35-26(28)29)17-8-6-5-7-16(17)22(18)34-13(2)3/h5-11,13,15,26H,4,12H2,1-3H3,(H,32,33). The minimum atomic E-state index is -3.18. The first-order chi connectivity index (χ1) is 16.6. The van der Waals surface area contributed by atoms with Crippen LogP contribution in [0.25, 0.3) is 10.8 Å². The number of alkyl halides is 2. The highest BCUT2D eigenvalue weighted by Gasteiger charge is 2.38. The fourth-order valence-electron chi connectivity index (χ4n) is 4.46. The van der Waals surface area contributed by atoms with Gasteiger partial charge < -0.3 is 19.5 Å². The molecule has 184 valence electrons. The number of fused-ring (bicyclic) bond motifs is 2. The second-order valence-electron chi connectivity index (χ2n) is 8.50. The number of carbonyl (C=O) groups is 2. The van der Waals surface area contributed by atoms with Gasteiger partial charge in [0.2, 0.25) is 0 Å². The molecule has 1 atom stereocenters. The third-order valence-corrected chi connectivity index (χ3v) is 5.93. The van der Waals surface area contributed by atoms with E-state index in [-0.39, 0.29) is 47.0 Å². The van der Waals surface area contributed by atoms with Crippen LogP contribution in [0, 0.1) is 5.82 Å². The third kappa shape index (κ3) is 4.38. The minimum Gasteiger partial charge on any atom is -0.490 e. The van der Waals surface area contributed by atoms with Crippen LogP contribution < -0.4 is 14.4 Å². The maximum atomic E-state index is 15.2. The van der Waals surface area contributed by atoms with Gasteiger partial charge in [-0.1, -0.05) is 37.3 Å². The van der Waals surface area contributed by atoms with Crippen molar-refractivity contribution in [2.24, 2.45) is 0 Å². The van der Waals surface area contributed by atoms with Crippen LogP contribution in [0.2, 0.25) is 0 Å². The van der Waals surface area contributed by atoms with E-state index in [1.807, 2.05) is 0 Å². The number of nitrogens with zero attached hydrogens (tertiary/aromatic N) is 1. The topological polar surface area (TPSA) is 76.1 Å². The third-order valence-electron chi connectivity index (χ3n) is 5.93. The fraction of sp³-hybridized carbons (Fsp3) is 0.308. The van der Waals surface area contributed by atoms with Crippen molar-refractivity contribution >= 4 is 28.3 Å². The molecule has 3 aromatic rings. The smallest absolute Gasteiger partial charge is 0.387 e. The predicted octanol–water partition coefficient (Wildman–Crippen LogP) is 6.11. The lowest BCUT2D eigenvalue weighted by Crippen LogP contribution is -2.25. The second-order valence-corrected chi connectivity index (χ2v) is 8.50. The Balaban J connectivity index is 1.88. The van der Waals surface area contributed by atoms with Gasteiger partial charge >= 0.3 is 12.6 Å². The highest BCUT2D eigenvalue weighted by Crippen LogP contribution is 2.47. The highest BCUT2D eigenvalue weighted by molar-refractivity contribution is 6.17. The van der Waals surface area contributed by atoms with Crippen LogP contribution in [0.5, 0.6) is 11.5 Å². The summed E-state index contributed by atoms with van der Waals surface area (Å²) in [6.07, 6.45) is -0.0227. The first kappa shape index (κ1) is 24.4. The van der Waals surface area contributed by atoms with Gasteiger partial charge in [0.1, 0.15) is 17.3 Å². The molecule has 0 bridgehead atoms. The Morgan fingerprint density at radius 2 is 1.74 bits per heavy atom. The molecule has 9 heteroatoms. The SMILES string of the molecule is CCC(C(=O)O)c1ccc(N2Cc3c(c(OC(F)F)c4ccccc4c3OC(C)C)C2=O)c(F)c1. The zero-order valence-electron chi connectivity index (χ0n) is 19.3. The summed E-state index contributed by atoms with van der Waals surface area (Å²) in [5.41, 5.74) is 0.373. The summed E-state index contributed by atoms with van der Waals surface area (Å²) in [7, 11) is 0. The summed E-state index contributed by atoms with van der Waals surface area (Å²) in [4.78, 5) is 26.1. The number of hydrogen-bond donors (Lipinski definition) is 1. The molecule has 0 aliphatic carbocycles. The Morgan fingerprint density at radius 1 is 1.09 bits per heavy atom. The molecule has 0 saturated carbocycles. The first-order valence-electron chi connectivity index (χ1n) is 11.2. The molecular weight excluding hydrogens is 463 g/mol. The maximum Gasteiger partial charge on any atom is 0.387 e. The molecule has 1 aliphatic rings. The van der Waals surface area contributed by atoms with E-state index in [1.165, 1.54) is 12.1 Å². The molecule has 3 aromatic carbocycles. The van der Waals surface area contributed by atoms with Gasteiger partial charge in [-0.2, -0.15) is 8.78 Å². The molecule has 1 amide bonds.